The Morgan fingerprint density at radius 3 is 2.81 bits per heavy atom. The average Bonchev–Trinajstić information content (AvgIpc) is 2.33. The maximum atomic E-state index is 12.9. The van der Waals surface area contributed by atoms with Crippen LogP contribution in [0.3, 0.4) is 0 Å². The van der Waals surface area contributed by atoms with Gasteiger partial charge in [-0.05, 0) is 35.9 Å². The van der Waals surface area contributed by atoms with Crippen LogP contribution in [0.15, 0.2) is 52.5 Å². The Balaban J connectivity index is 2.28. The Kier molecular flexibility index (Phi) is 3.54. The highest BCUT2D eigenvalue weighted by atomic mass is 32.2. The molecular formula is C12H10FNOS. The average molecular weight is 235 g/mol. The molecule has 2 aromatic rings. The summed E-state index contributed by atoms with van der Waals surface area (Å²) in [6.45, 7) is -0.174. The molecule has 82 valence electrons. The van der Waals surface area contributed by atoms with Crippen molar-refractivity contribution in [2.24, 2.45) is 0 Å². The van der Waals surface area contributed by atoms with Gasteiger partial charge in [0, 0.05) is 11.1 Å². The molecule has 1 N–H and O–H groups in total. The lowest BCUT2D eigenvalue weighted by atomic mass is 10.2. The van der Waals surface area contributed by atoms with Crippen molar-refractivity contribution in [1.82, 2.24) is 4.98 Å². The molecule has 0 spiro atoms. The normalized spacial score (nSPS) is 10.4. The van der Waals surface area contributed by atoms with Gasteiger partial charge in [-0.3, -0.25) is 0 Å². The zero-order chi connectivity index (χ0) is 11.4. The topological polar surface area (TPSA) is 33.1 Å². The zero-order valence-electron chi connectivity index (χ0n) is 8.43. The lowest BCUT2D eigenvalue weighted by Gasteiger charge is -2.06. The second-order valence-corrected chi connectivity index (χ2v) is 4.24. The van der Waals surface area contributed by atoms with Crippen LogP contribution in [0.1, 0.15) is 5.56 Å². The van der Waals surface area contributed by atoms with Gasteiger partial charge in [0.25, 0.3) is 0 Å². The fourth-order valence-electron chi connectivity index (χ4n) is 1.29. The summed E-state index contributed by atoms with van der Waals surface area (Å²) in [5.74, 6) is -0.338. The highest BCUT2D eigenvalue weighted by Crippen LogP contribution is 2.29. The molecule has 0 saturated carbocycles. The second-order valence-electron chi connectivity index (χ2n) is 3.18. The van der Waals surface area contributed by atoms with E-state index in [1.54, 1.807) is 12.3 Å². The number of halogens is 1. The molecule has 0 bridgehead atoms. The van der Waals surface area contributed by atoms with Crippen LogP contribution in [0.5, 0.6) is 0 Å². The molecule has 16 heavy (non-hydrogen) atoms. The fourth-order valence-corrected chi connectivity index (χ4v) is 2.17. The zero-order valence-corrected chi connectivity index (χ0v) is 9.25. The van der Waals surface area contributed by atoms with Crippen molar-refractivity contribution in [3.8, 4) is 0 Å². The minimum absolute atomic E-state index is 0.174. The molecule has 0 fully saturated rings. The Labute approximate surface area is 97.2 Å². The first-order valence-electron chi connectivity index (χ1n) is 4.78. The third-order valence-corrected chi connectivity index (χ3v) is 3.11. The van der Waals surface area contributed by atoms with E-state index in [-0.39, 0.29) is 12.4 Å². The molecule has 0 aliphatic heterocycles. The summed E-state index contributed by atoms with van der Waals surface area (Å²) in [5.41, 5.74) is 0.579. The van der Waals surface area contributed by atoms with Crippen molar-refractivity contribution in [3.63, 3.8) is 0 Å². The standard InChI is InChI=1S/C12H10FNOS/c13-10-4-5-11(9(7-10)8-15)16-12-3-1-2-6-14-12/h1-7,15H,8H2. The van der Waals surface area contributed by atoms with Crippen LogP contribution in [0, 0.1) is 5.82 Å². The SMILES string of the molecule is OCc1cc(F)ccc1Sc1ccccn1. The van der Waals surface area contributed by atoms with E-state index in [9.17, 15) is 4.39 Å². The first kappa shape index (κ1) is 11.1. The van der Waals surface area contributed by atoms with Gasteiger partial charge in [0.2, 0.25) is 0 Å². The molecule has 0 radical (unpaired) electrons. The largest absolute Gasteiger partial charge is 0.392 e. The maximum absolute atomic E-state index is 12.9. The molecule has 0 aliphatic rings. The number of aliphatic hydroxyl groups is 1. The summed E-state index contributed by atoms with van der Waals surface area (Å²) in [4.78, 5) is 4.98. The molecular weight excluding hydrogens is 225 g/mol. The highest BCUT2D eigenvalue weighted by Gasteiger charge is 2.05. The predicted molar refractivity (Wildman–Crippen MR) is 60.7 cm³/mol. The minimum atomic E-state index is -0.338. The fraction of sp³-hybridized carbons (Fsp3) is 0.0833. The summed E-state index contributed by atoms with van der Waals surface area (Å²) in [6, 6.07) is 9.96. The van der Waals surface area contributed by atoms with E-state index in [1.807, 2.05) is 18.2 Å². The van der Waals surface area contributed by atoms with Gasteiger partial charge >= 0.3 is 0 Å². The molecule has 0 unspecified atom stereocenters. The quantitative estimate of drug-likeness (QED) is 0.888. The first-order valence-corrected chi connectivity index (χ1v) is 5.59. The van der Waals surface area contributed by atoms with E-state index >= 15 is 0 Å². The third kappa shape index (κ3) is 2.59. The number of pyridine rings is 1. The highest BCUT2D eigenvalue weighted by molar-refractivity contribution is 7.99. The van der Waals surface area contributed by atoms with Crippen molar-refractivity contribution in [2.45, 2.75) is 16.5 Å². The van der Waals surface area contributed by atoms with Gasteiger partial charge in [0.05, 0.1) is 6.61 Å². The second kappa shape index (κ2) is 5.09. The molecule has 1 aromatic carbocycles. The molecule has 4 heteroatoms. The van der Waals surface area contributed by atoms with Crippen molar-refractivity contribution in [3.05, 3.63) is 54.0 Å². The first-order chi connectivity index (χ1) is 7.79. The monoisotopic (exact) mass is 235 g/mol. The molecule has 0 saturated heterocycles. The van der Waals surface area contributed by atoms with Crippen LogP contribution >= 0.6 is 11.8 Å². The van der Waals surface area contributed by atoms with Gasteiger partial charge in [0.15, 0.2) is 0 Å². The molecule has 2 nitrogen and oxygen atoms in total. The third-order valence-electron chi connectivity index (χ3n) is 2.05. The van der Waals surface area contributed by atoms with Crippen molar-refractivity contribution < 1.29 is 9.50 Å². The number of rotatable bonds is 3. The summed E-state index contributed by atoms with van der Waals surface area (Å²) >= 11 is 1.41. The van der Waals surface area contributed by atoms with Crippen molar-refractivity contribution in [2.75, 3.05) is 0 Å². The van der Waals surface area contributed by atoms with E-state index in [2.05, 4.69) is 4.98 Å². The number of benzene rings is 1. The van der Waals surface area contributed by atoms with Crippen LogP contribution in [-0.2, 0) is 6.61 Å². The van der Waals surface area contributed by atoms with E-state index in [1.165, 1.54) is 23.9 Å². The van der Waals surface area contributed by atoms with Gasteiger partial charge in [-0.2, -0.15) is 0 Å². The van der Waals surface area contributed by atoms with Crippen LogP contribution in [-0.4, -0.2) is 10.1 Å². The lowest BCUT2D eigenvalue weighted by molar-refractivity contribution is 0.278. The molecule has 0 atom stereocenters. The van der Waals surface area contributed by atoms with Gasteiger partial charge in [-0.25, -0.2) is 9.37 Å². The minimum Gasteiger partial charge on any atom is -0.392 e. The van der Waals surface area contributed by atoms with Gasteiger partial charge in [-0.1, -0.05) is 17.8 Å². The van der Waals surface area contributed by atoms with E-state index in [4.69, 9.17) is 5.11 Å². The Bertz CT molecular complexity index is 476. The number of aromatic nitrogens is 1. The van der Waals surface area contributed by atoms with Gasteiger partial charge in [-0.15, -0.1) is 0 Å². The van der Waals surface area contributed by atoms with Crippen LogP contribution in [0.4, 0.5) is 4.39 Å². The maximum Gasteiger partial charge on any atom is 0.123 e. The van der Waals surface area contributed by atoms with Crippen LogP contribution < -0.4 is 0 Å². The lowest BCUT2D eigenvalue weighted by Crippen LogP contribution is -1.89. The Hall–Kier alpha value is -1.39. The van der Waals surface area contributed by atoms with Crippen molar-refractivity contribution >= 4 is 11.8 Å². The summed E-state index contributed by atoms with van der Waals surface area (Å²) in [6.07, 6.45) is 1.70. The molecule has 0 amide bonds. The van der Waals surface area contributed by atoms with E-state index < -0.39 is 0 Å². The molecule has 2 rings (SSSR count). The van der Waals surface area contributed by atoms with Gasteiger partial charge in [0.1, 0.15) is 10.8 Å². The van der Waals surface area contributed by atoms with Crippen molar-refractivity contribution in [1.29, 1.82) is 0 Å². The Morgan fingerprint density at radius 1 is 1.25 bits per heavy atom. The summed E-state index contributed by atoms with van der Waals surface area (Å²) in [5, 5.41) is 9.94. The molecule has 1 aromatic heterocycles. The smallest absolute Gasteiger partial charge is 0.123 e. The number of aliphatic hydroxyl groups excluding tert-OH is 1. The van der Waals surface area contributed by atoms with Gasteiger partial charge < -0.3 is 5.11 Å². The number of hydrogen-bond donors (Lipinski definition) is 1. The number of nitrogens with zero attached hydrogens (tertiary/aromatic N) is 1. The summed E-state index contributed by atoms with van der Waals surface area (Å²) in [7, 11) is 0. The van der Waals surface area contributed by atoms with Crippen LogP contribution in [0.2, 0.25) is 0 Å². The van der Waals surface area contributed by atoms with Crippen LogP contribution in [0.25, 0.3) is 0 Å². The molecule has 1 heterocycles. The molecule has 0 aliphatic carbocycles. The number of hydrogen-bond acceptors (Lipinski definition) is 3. The van der Waals surface area contributed by atoms with E-state index in [0.29, 0.717) is 5.56 Å². The Morgan fingerprint density at radius 2 is 2.12 bits per heavy atom. The van der Waals surface area contributed by atoms with E-state index in [0.717, 1.165) is 9.92 Å². The predicted octanol–water partition coefficient (Wildman–Crippen LogP) is 2.86. The summed E-state index contributed by atoms with van der Waals surface area (Å²) < 4.78 is 12.9.